The lowest BCUT2D eigenvalue weighted by Gasteiger charge is -2.05. The van der Waals surface area contributed by atoms with Crippen molar-refractivity contribution in [3.63, 3.8) is 0 Å². The molecule has 98 valence electrons. The molecule has 2 aromatic rings. The Kier molecular flexibility index (Phi) is 3.90. The highest BCUT2D eigenvalue weighted by Crippen LogP contribution is 2.20. The number of carbonyl (C=O) groups is 1. The summed E-state index contributed by atoms with van der Waals surface area (Å²) in [5.74, 6) is 0. The van der Waals surface area contributed by atoms with Gasteiger partial charge in [-0.25, -0.2) is 4.79 Å². The number of hydrogen-bond acceptors (Lipinski definition) is 2. The zero-order chi connectivity index (χ0) is 13.7. The smallest absolute Gasteiger partial charge is 0.409 e. The summed E-state index contributed by atoms with van der Waals surface area (Å²) in [5, 5.41) is 15.4. The van der Waals surface area contributed by atoms with E-state index in [4.69, 9.17) is 10.6 Å². The molecular formula is C12H13N5O2. The van der Waals surface area contributed by atoms with Gasteiger partial charge in [0.15, 0.2) is 0 Å². The van der Waals surface area contributed by atoms with Gasteiger partial charge >= 0.3 is 6.09 Å². The van der Waals surface area contributed by atoms with E-state index < -0.39 is 6.09 Å². The third-order valence-corrected chi connectivity index (χ3v) is 2.74. The summed E-state index contributed by atoms with van der Waals surface area (Å²) in [5.41, 5.74) is 9.77. The predicted molar refractivity (Wildman–Crippen MR) is 72.2 cm³/mol. The summed E-state index contributed by atoms with van der Waals surface area (Å²) in [4.78, 5) is 13.3. The minimum Gasteiger partial charge on any atom is -0.465 e. The van der Waals surface area contributed by atoms with E-state index in [2.05, 4.69) is 15.3 Å². The molecule has 2 N–H and O–H groups in total. The molecule has 1 amide bonds. The average Bonchev–Trinajstić information content (AvgIpc) is 2.76. The fourth-order valence-corrected chi connectivity index (χ4v) is 1.95. The molecule has 7 nitrogen and oxygen atoms in total. The first-order valence-electron chi connectivity index (χ1n) is 5.80. The van der Waals surface area contributed by atoms with E-state index >= 15 is 0 Å². The second-order valence-electron chi connectivity index (χ2n) is 4.02. The van der Waals surface area contributed by atoms with Crippen LogP contribution in [0, 0.1) is 0 Å². The number of hydrogen-bond donors (Lipinski definition) is 2. The molecule has 2 rings (SSSR count). The molecule has 0 fully saturated rings. The maximum atomic E-state index is 10.6. The molecule has 7 heteroatoms. The number of nitrogens with zero attached hydrogens (tertiary/aromatic N) is 4. The maximum Gasteiger partial charge on any atom is 0.409 e. The van der Waals surface area contributed by atoms with Gasteiger partial charge in [-0.1, -0.05) is 5.11 Å². The van der Waals surface area contributed by atoms with Crippen LogP contribution in [0.2, 0.25) is 0 Å². The Hall–Kier alpha value is -2.66. The van der Waals surface area contributed by atoms with E-state index in [0.717, 1.165) is 23.9 Å². The molecule has 0 saturated carbocycles. The number of benzene rings is 1. The van der Waals surface area contributed by atoms with Crippen molar-refractivity contribution in [3.8, 4) is 0 Å². The van der Waals surface area contributed by atoms with Crippen molar-refractivity contribution in [2.75, 3.05) is 11.9 Å². The van der Waals surface area contributed by atoms with Crippen LogP contribution in [0.3, 0.4) is 0 Å². The van der Waals surface area contributed by atoms with Crippen molar-refractivity contribution < 1.29 is 9.90 Å². The van der Waals surface area contributed by atoms with E-state index in [1.165, 1.54) is 0 Å². The van der Waals surface area contributed by atoms with E-state index in [-0.39, 0.29) is 0 Å². The number of aromatic nitrogens is 1. The zero-order valence-corrected chi connectivity index (χ0v) is 10.2. The Morgan fingerprint density at radius 1 is 1.47 bits per heavy atom. The first-order chi connectivity index (χ1) is 9.20. The van der Waals surface area contributed by atoms with Crippen molar-refractivity contribution in [1.29, 1.82) is 0 Å². The number of fused-ring (bicyclic) bond motifs is 1. The molecular weight excluding hydrogens is 246 g/mol. The van der Waals surface area contributed by atoms with Crippen LogP contribution in [0.5, 0.6) is 0 Å². The molecule has 0 spiro atoms. The molecule has 0 aliphatic heterocycles. The van der Waals surface area contributed by atoms with Crippen LogP contribution in [-0.4, -0.2) is 22.3 Å². The molecule has 19 heavy (non-hydrogen) atoms. The zero-order valence-electron chi connectivity index (χ0n) is 10.2. The number of azide groups is 1. The molecule has 0 unspecified atom stereocenters. The lowest BCUT2D eigenvalue weighted by molar-refractivity contribution is 0.210. The van der Waals surface area contributed by atoms with Gasteiger partial charge in [-0.3, -0.25) is 5.32 Å². The van der Waals surface area contributed by atoms with Crippen LogP contribution in [-0.2, 0) is 6.54 Å². The molecule has 0 saturated heterocycles. The van der Waals surface area contributed by atoms with Crippen LogP contribution in [0.15, 0.2) is 35.6 Å². The van der Waals surface area contributed by atoms with Crippen LogP contribution in [0.4, 0.5) is 10.5 Å². The van der Waals surface area contributed by atoms with Crippen molar-refractivity contribution >= 4 is 22.7 Å². The Labute approximate surface area is 109 Å². The SMILES string of the molecule is [N-]=[N+]=NCCCn1ccc2cc(NC(=O)O)ccc21. The van der Waals surface area contributed by atoms with Gasteiger partial charge in [0.05, 0.1) is 0 Å². The van der Waals surface area contributed by atoms with E-state index in [1.54, 1.807) is 12.1 Å². The molecule has 1 heterocycles. The predicted octanol–water partition coefficient (Wildman–Crippen LogP) is 3.43. The van der Waals surface area contributed by atoms with Gasteiger partial charge < -0.3 is 9.67 Å². The molecule has 0 bridgehead atoms. The topological polar surface area (TPSA) is 103 Å². The van der Waals surface area contributed by atoms with Crippen molar-refractivity contribution in [2.24, 2.45) is 5.11 Å². The number of anilines is 1. The first-order valence-corrected chi connectivity index (χ1v) is 5.80. The Morgan fingerprint density at radius 2 is 2.32 bits per heavy atom. The van der Waals surface area contributed by atoms with Gasteiger partial charge in [-0.15, -0.1) is 0 Å². The second kappa shape index (κ2) is 5.79. The fraction of sp³-hybridized carbons (Fsp3) is 0.250. The van der Waals surface area contributed by atoms with Gasteiger partial charge in [-0.05, 0) is 36.2 Å². The van der Waals surface area contributed by atoms with Crippen LogP contribution >= 0.6 is 0 Å². The molecule has 1 aromatic carbocycles. The fourth-order valence-electron chi connectivity index (χ4n) is 1.95. The number of nitrogens with one attached hydrogen (secondary N) is 1. The summed E-state index contributed by atoms with van der Waals surface area (Å²) in [7, 11) is 0. The minimum absolute atomic E-state index is 0.467. The minimum atomic E-state index is -1.08. The Bertz CT molecular complexity index is 643. The molecule has 1 aromatic heterocycles. The third kappa shape index (κ3) is 3.17. The standard InChI is InChI=1S/C12H13N5O2/c13-16-14-5-1-6-17-7-4-9-8-10(15-12(18)19)2-3-11(9)17/h2-4,7-8,15H,1,5-6H2,(H,18,19). The highest BCUT2D eigenvalue weighted by atomic mass is 16.4. The molecule has 0 atom stereocenters. The summed E-state index contributed by atoms with van der Waals surface area (Å²) in [6.45, 7) is 1.23. The average molecular weight is 259 g/mol. The lowest BCUT2D eigenvalue weighted by atomic mass is 10.2. The summed E-state index contributed by atoms with van der Waals surface area (Å²) >= 11 is 0. The summed E-state index contributed by atoms with van der Waals surface area (Å²) in [6.07, 6.45) is 1.63. The lowest BCUT2D eigenvalue weighted by Crippen LogP contribution is -2.06. The van der Waals surface area contributed by atoms with Crippen LogP contribution in [0.25, 0.3) is 21.3 Å². The monoisotopic (exact) mass is 259 g/mol. The normalized spacial score (nSPS) is 10.1. The van der Waals surface area contributed by atoms with Gasteiger partial charge in [-0.2, -0.15) is 0 Å². The van der Waals surface area contributed by atoms with Gasteiger partial charge in [0, 0.05) is 40.8 Å². The largest absolute Gasteiger partial charge is 0.465 e. The number of rotatable bonds is 5. The number of amides is 1. The van der Waals surface area contributed by atoms with E-state index in [0.29, 0.717) is 12.2 Å². The van der Waals surface area contributed by atoms with Crippen molar-refractivity contribution in [2.45, 2.75) is 13.0 Å². The molecule has 0 radical (unpaired) electrons. The second-order valence-corrected chi connectivity index (χ2v) is 4.02. The van der Waals surface area contributed by atoms with Gasteiger partial charge in [0.25, 0.3) is 0 Å². The van der Waals surface area contributed by atoms with Crippen LogP contribution < -0.4 is 5.32 Å². The highest BCUT2D eigenvalue weighted by Gasteiger charge is 2.03. The summed E-state index contributed by atoms with van der Waals surface area (Å²) in [6, 6.07) is 7.30. The maximum absolute atomic E-state index is 10.6. The van der Waals surface area contributed by atoms with Crippen molar-refractivity contribution in [3.05, 3.63) is 40.9 Å². The Balaban J connectivity index is 2.14. The van der Waals surface area contributed by atoms with Crippen LogP contribution in [0.1, 0.15) is 6.42 Å². The Morgan fingerprint density at radius 3 is 3.05 bits per heavy atom. The third-order valence-electron chi connectivity index (χ3n) is 2.74. The molecule has 0 aliphatic rings. The van der Waals surface area contributed by atoms with E-state index in [1.807, 2.05) is 22.9 Å². The highest BCUT2D eigenvalue weighted by molar-refractivity contribution is 5.89. The molecule has 0 aliphatic carbocycles. The first kappa shape index (κ1) is 12.8. The van der Waals surface area contributed by atoms with Crippen molar-refractivity contribution in [1.82, 2.24) is 4.57 Å². The number of carboxylic acid groups (broad SMARTS) is 1. The van der Waals surface area contributed by atoms with E-state index in [9.17, 15) is 4.79 Å². The number of aryl methyl sites for hydroxylation is 1. The quantitative estimate of drug-likeness (QED) is 0.371. The van der Waals surface area contributed by atoms with Gasteiger partial charge in [0.1, 0.15) is 0 Å². The van der Waals surface area contributed by atoms with Gasteiger partial charge in [0.2, 0.25) is 0 Å². The summed E-state index contributed by atoms with van der Waals surface area (Å²) < 4.78 is 2.05.